The van der Waals surface area contributed by atoms with E-state index in [1.165, 1.54) is 25.7 Å². The van der Waals surface area contributed by atoms with Gasteiger partial charge >= 0.3 is 0 Å². The molecule has 28 heavy (non-hydrogen) atoms. The molecule has 0 aliphatic heterocycles. The van der Waals surface area contributed by atoms with Gasteiger partial charge in [-0.25, -0.2) is 9.67 Å². The van der Waals surface area contributed by atoms with Gasteiger partial charge in [0.05, 0.1) is 0 Å². The lowest BCUT2D eigenvalue weighted by molar-refractivity contribution is 0.105. The van der Waals surface area contributed by atoms with Gasteiger partial charge in [0, 0.05) is 51.9 Å². The van der Waals surface area contributed by atoms with E-state index in [-0.39, 0.29) is 0 Å². The third-order valence-corrected chi connectivity index (χ3v) is 5.51. The lowest BCUT2D eigenvalue weighted by Crippen LogP contribution is -2.43. The summed E-state index contributed by atoms with van der Waals surface area (Å²) in [7, 11) is 1.82. The average Bonchev–Trinajstić information content (AvgIpc) is 3.41. The summed E-state index contributed by atoms with van der Waals surface area (Å²) in [4.78, 5) is 8.77. The molecule has 1 fully saturated rings. The molecule has 2 heterocycles. The summed E-state index contributed by atoms with van der Waals surface area (Å²) in [5.41, 5.74) is 1.46. The number of hydrogen-bond donors (Lipinski definition) is 2. The third kappa shape index (κ3) is 5.55. The highest BCUT2D eigenvalue weighted by Crippen LogP contribution is 2.40. The Morgan fingerprint density at radius 1 is 1.29 bits per heavy atom. The maximum Gasteiger partial charge on any atom is 0.191 e. The minimum Gasteiger partial charge on any atom is -0.382 e. The molecule has 2 N–H and O–H groups in total. The molecule has 0 radical (unpaired) electrons. The minimum atomic E-state index is 0.330. The van der Waals surface area contributed by atoms with Crippen molar-refractivity contribution in [2.45, 2.75) is 45.6 Å². The van der Waals surface area contributed by atoms with Crippen LogP contribution in [0.3, 0.4) is 0 Å². The van der Waals surface area contributed by atoms with Crippen molar-refractivity contribution in [3.05, 3.63) is 42.4 Å². The van der Waals surface area contributed by atoms with Crippen molar-refractivity contribution in [1.29, 1.82) is 0 Å². The van der Waals surface area contributed by atoms with E-state index < -0.39 is 0 Å². The zero-order valence-electron chi connectivity index (χ0n) is 17.0. The van der Waals surface area contributed by atoms with Crippen LogP contribution in [0.5, 0.6) is 0 Å². The Morgan fingerprint density at radius 2 is 2.14 bits per heavy atom. The lowest BCUT2D eigenvalue weighted by Gasteiger charge is -2.30. The van der Waals surface area contributed by atoms with E-state index in [1.807, 2.05) is 37.6 Å². The van der Waals surface area contributed by atoms with Crippen molar-refractivity contribution in [3.8, 4) is 5.82 Å². The van der Waals surface area contributed by atoms with Gasteiger partial charge in [-0.1, -0.05) is 12.8 Å². The van der Waals surface area contributed by atoms with Crippen molar-refractivity contribution in [2.24, 2.45) is 10.4 Å². The second-order valence-electron chi connectivity index (χ2n) is 7.41. The highest BCUT2D eigenvalue weighted by atomic mass is 16.5. The number of aliphatic imine (C=N–C) groups is 1. The summed E-state index contributed by atoms with van der Waals surface area (Å²) >= 11 is 0. The SMILES string of the molecule is CCOCCC1(CNC(=NC)NCc2ccnc(-n3cccn3)c2)CCCC1. The van der Waals surface area contributed by atoms with Gasteiger partial charge in [0.15, 0.2) is 11.8 Å². The van der Waals surface area contributed by atoms with Crippen LogP contribution in [0.15, 0.2) is 41.8 Å². The Balaban J connectivity index is 1.52. The summed E-state index contributed by atoms with van der Waals surface area (Å²) in [5, 5.41) is 11.2. The van der Waals surface area contributed by atoms with Crippen LogP contribution in [0.4, 0.5) is 0 Å². The van der Waals surface area contributed by atoms with E-state index in [0.717, 1.165) is 43.5 Å². The number of nitrogens with one attached hydrogen (secondary N) is 2. The van der Waals surface area contributed by atoms with E-state index in [1.54, 1.807) is 10.9 Å². The number of pyridine rings is 1. The number of guanidine groups is 1. The van der Waals surface area contributed by atoms with E-state index in [4.69, 9.17) is 4.74 Å². The number of nitrogens with zero attached hydrogens (tertiary/aromatic N) is 4. The lowest BCUT2D eigenvalue weighted by atomic mass is 9.83. The Morgan fingerprint density at radius 3 is 2.86 bits per heavy atom. The van der Waals surface area contributed by atoms with Crippen molar-refractivity contribution >= 4 is 5.96 Å². The van der Waals surface area contributed by atoms with E-state index in [0.29, 0.717) is 12.0 Å². The quantitative estimate of drug-likeness (QED) is 0.395. The number of aromatic nitrogens is 3. The van der Waals surface area contributed by atoms with Crippen molar-refractivity contribution in [3.63, 3.8) is 0 Å². The Kier molecular flexibility index (Phi) is 7.42. The zero-order chi connectivity index (χ0) is 19.7. The molecule has 0 amide bonds. The van der Waals surface area contributed by atoms with Gasteiger partial charge in [0.2, 0.25) is 0 Å². The molecule has 1 saturated carbocycles. The maximum absolute atomic E-state index is 5.61. The summed E-state index contributed by atoms with van der Waals surface area (Å²) in [6, 6.07) is 5.93. The average molecular weight is 385 g/mol. The van der Waals surface area contributed by atoms with E-state index in [9.17, 15) is 0 Å². The monoisotopic (exact) mass is 384 g/mol. The highest BCUT2D eigenvalue weighted by Gasteiger charge is 2.33. The molecule has 7 nitrogen and oxygen atoms in total. The summed E-state index contributed by atoms with van der Waals surface area (Å²) in [6.07, 6.45) is 11.7. The van der Waals surface area contributed by atoms with Crippen molar-refractivity contribution < 1.29 is 4.74 Å². The van der Waals surface area contributed by atoms with Gasteiger partial charge in [0.1, 0.15) is 0 Å². The summed E-state index contributed by atoms with van der Waals surface area (Å²) < 4.78 is 7.38. The highest BCUT2D eigenvalue weighted by molar-refractivity contribution is 5.79. The van der Waals surface area contributed by atoms with Gasteiger partial charge < -0.3 is 15.4 Å². The topological polar surface area (TPSA) is 76.4 Å². The molecule has 7 heteroatoms. The second kappa shape index (κ2) is 10.2. The van der Waals surface area contributed by atoms with Gasteiger partial charge in [-0.3, -0.25) is 4.99 Å². The normalized spacial score (nSPS) is 16.3. The second-order valence-corrected chi connectivity index (χ2v) is 7.41. The summed E-state index contributed by atoms with van der Waals surface area (Å²) in [5.74, 6) is 1.65. The van der Waals surface area contributed by atoms with Crippen LogP contribution < -0.4 is 10.6 Å². The summed E-state index contributed by atoms with van der Waals surface area (Å²) in [6.45, 7) is 5.32. The van der Waals surface area contributed by atoms with Crippen LogP contribution in [0.1, 0.15) is 44.6 Å². The first kappa shape index (κ1) is 20.3. The number of ether oxygens (including phenoxy) is 1. The third-order valence-electron chi connectivity index (χ3n) is 5.51. The van der Waals surface area contributed by atoms with Crippen LogP contribution in [0.2, 0.25) is 0 Å². The molecular formula is C21H32N6O. The molecule has 3 rings (SSSR count). The van der Waals surface area contributed by atoms with Crippen molar-refractivity contribution in [1.82, 2.24) is 25.4 Å². The van der Waals surface area contributed by atoms with Crippen LogP contribution in [0, 0.1) is 5.41 Å². The molecule has 1 aliphatic rings. The molecule has 152 valence electrons. The first-order chi connectivity index (χ1) is 13.7. The van der Waals surface area contributed by atoms with Gasteiger partial charge in [-0.05, 0) is 55.4 Å². The Bertz CT molecular complexity index is 737. The molecule has 1 aliphatic carbocycles. The van der Waals surface area contributed by atoms with Gasteiger partial charge in [0.25, 0.3) is 0 Å². The predicted octanol–water partition coefficient (Wildman–Crippen LogP) is 2.92. The van der Waals surface area contributed by atoms with E-state index in [2.05, 4.69) is 32.6 Å². The largest absolute Gasteiger partial charge is 0.382 e. The molecule has 2 aromatic rings. The van der Waals surface area contributed by atoms with Gasteiger partial charge in [-0.2, -0.15) is 5.10 Å². The fraction of sp³-hybridized carbons (Fsp3) is 0.571. The first-order valence-electron chi connectivity index (χ1n) is 10.2. The molecule has 0 atom stereocenters. The van der Waals surface area contributed by atoms with E-state index >= 15 is 0 Å². The van der Waals surface area contributed by atoms with Crippen LogP contribution in [0.25, 0.3) is 5.82 Å². The molecule has 0 spiro atoms. The van der Waals surface area contributed by atoms with Crippen LogP contribution in [-0.4, -0.2) is 47.5 Å². The Labute approximate surface area is 167 Å². The van der Waals surface area contributed by atoms with Crippen molar-refractivity contribution in [2.75, 3.05) is 26.8 Å². The zero-order valence-corrected chi connectivity index (χ0v) is 17.0. The van der Waals surface area contributed by atoms with Crippen LogP contribution >= 0.6 is 0 Å². The maximum atomic E-state index is 5.61. The fourth-order valence-electron chi connectivity index (χ4n) is 3.85. The molecule has 0 bridgehead atoms. The van der Waals surface area contributed by atoms with Gasteiger partial charge in [-0.15, -0.1) is 0 Å². The smallest absolute Gasteiger partial charge is 0.191 e. The minimum absolute atomic E-state index is 0.330. The standard InChI is InChI=1S/C21H32N6O/c1-3-28-14-10-21(8-4-5-9-21)17-25-20(22-2)24-16-18-7-12-23-19(15-18)27-13-6-11-26-27/h6-7,11-13,15H,3-5,8-10,14,16-17H2,1-2H3,(H2,22,24,25). The molecule has 0 aromatic carbocycles. The molecular weight excluding hydrogens is 352 g/mol. The fourth-order valence-corrected chi connectivity index (χ4v) is 3.85. The predicted molar refractivity (Wildman–Crippen MR) is 112 cm³/mol. The Hall–Kier alpha value is -2.41. The molecule has 0 saturated heterocycles. The molecule has 0 unspecified atom stereocenters. The first-order valence-corrected chi connectivity index (χ1v) is 10.2. The number of rotatable bonds is 9. The van der Waals surface area contributed by atoms with Crippen LogP contribution in [-0.2, 0) is 11.3 Å². The molecule has 2 aromatic heterocycles. The number of hydrogen-bond acceptors (Lipinski definition) is 4.